The Bertz CT molecular complexity index is 599. The first-order valence-corrected chi connectivity index (χ1v) is 9.14. The van der Waals surface area contributed by atoms with Crippen molar-refractivity contribution in [3.05, 3.63) is 29.8 Å². The summed E-state index contributed by atoms with van der Waals surface area (Å²) >= 11 is 0. The van der Waals surface area contributed by atoms with Gasteiger partial charge in [0, 0.05) is 25.2 Å². The predicted octanol–water partition coefficient (Wildman–Crippen LogP) is 4.22. The maximum absolute atomic E-state index is 12.3. The van der Waals surface area contributed by atoms with E-state index in [9.17, 15) is 9.59 Å². The topological polar surface area (TPSA) is 58.6 Å². The first-order chi connectivity index (χ1) is 11.8. The van der Waals surface area contributed by atoms with E-state index in [1.54, 1.807) is 4.90 Å². The van der Waals surface area contributed by atoms with Crippen LogP contribution < -0.4 is 5.32 Å². The molecule has 0 atom stereocenters. The lowest BCUT2D eigenvalue weighted by Crippen LogP contribution is -2.42. The molecule has 0 aliphatic carbocycles. The van der Waals surface area contributed by atoms with Gasteiger partial charge in [-0.05, 0) is 57.6 Å². The number of para-hydroxylation sites is 1. The molecule has 0 unspecified atom stereocenters. The van der Waals surface area contributed by atoms with Crippen LogP contribution in [-0.2, 0) is 16.0 Å². The highest BCUT2D eigenvalue weighted by molar-refractivity contribution is 5.91. The average molecular weight is 346 g/mol. The molecule has 5 heteroatoms. The molecule has 0 aromatic heterocycles. The van der Waals surface area contributed by atoms with E-state index in [2.05, 4.69) is 12.2 Å². The fourth-order valence-electron chi connectivity index (χ4n) is 3.06. The maximum atomic E-state index is 12.3. The Morgan fingerprint density at radius 2 is 1.84 bits per heavy atom. The first-order valence-electron chi connectivity index (χ1n) is 9.14. The van der Waals surface area contributed by atoms with E-state index in [1.807, 2.05) is 45.0 Å². The molecule has 1 fully saturated rings. The van der Waals surface area contributed by atoms with Crippen molar-refractivity contribution in [3.63, 3.8) is 0 Å². The highest BCUT2D eigenvalue weighted by Gasteiger charge is 2.27. The van der Waals surface area contributed by atoms with E-state index in [0.717, 1.165) is 30.5 Å². The molecule has 1 aromatic carbocycles. The molecule has 1 aliphatic rings. The number of ether oxygens (including phenoxy) is 1. The Morgan fingerprint density at radius 3 is 2.44 bits per heavy atom. The fraction of sp³-hybridized carbons (Fsp3) is 0.600. The van der Waals surface area contributed by atoms with Crippen molar-refractivity contribution in [2.75, 3.05) is 18.4 Å². The number of hydrogen-bond acceptors (Lipinski definition) is 3. The summed E-state index contributed by atoms with van der Waals surface area (Å²) in [6, 6.07) is 7.91. The Balaban J connectivity index is 1.80. The van der Waals surface area contributed by atoms with Crippen molar-refractivity contribution in [2.45, 2.75) is 59.0 Å². The van der Waals surface area contributed by atoms with Crippen molar-refractivity contribution in [1.29, 1.82) is 0 Å². The van der Waals surface area contributed by atoms with Gasteiger partial charge in [-0.2, -0.15) is 0 Å². The van der Waals surface area contributed by atoms with E-state index in [4.69, 9.17) is 4.74 Å². The number of carbonyl (C=O) groups excluding carboxylic acids is 2. The van der Waals surface area contributed by atoms with E-state index >= 15 is 0 Å². The van der Waals surface area contributed by atoms with Gasteiger partial charge in [-0.15, -0.1) is 0 Å². The zero-order valence-corrected chi connectivity index (χ0v) is 15.8. The monoisotopic (exact) mass is 346 g/mol. The van der Waals surface area contributed by atoms with Gasteiger partial charge in [0.05, 0.1) is 0 Å². The summed E-state index contributed by atoms with van der Waals surface area (Å²) in [4.78, 5) is 26.2. The second-order valence-electron chi connectivity index (χ2n) is 7.67. The molecule has 1 heterocycles. The minimum atomic E-state index is -0.472. The number of anilines is 1. The van der Waals surface area contributed by atoms with Gasteiger partial charge in [-0.25, -0.2) is 4.79 Å². The molecule has 5 nitrogen and oxygen atoms in total. The van der Waals surface area contributed by atoms with Crippen LogP contribution in [0, 0.1) is 5.92 Å². The van der Waals surface area contributed by atoms with Crippen LogP contribution in [0.4, 0.5) is 10.5 Å². The number of nitrogens with one attached hydrogen (secondary N) is 1. The Kier molecular flexibility index (Phi) is 6.45. The van der Waals surface area contributed by atoms with Crippen molar-refractivity contribution < 1.29 is 14.3 Å². The number of hydrogen-bond donors (Lipinski definition) is 1. The molecule has 2 rings (SSSR count). The molecule has 0 radical (unpaired) electrons. The van der Waals surface area contributed by atoms with Crippen LogP contribution in [0.5, 0.6) is 0 Å². The van der Waals surface area contributed by atoms with Gasteiger partial charge < -0.3 is 15.0 Å². The summed E-state index contributed by atoms with van der Waals surface area (Å²) < 4.78 is 5.41. The highest BCUT2D eigenvalue weighted by Crippen LogP contribution is 2.23. The zero-order chi connectivity index (χ0) is 18.4. The molecule has 0 saturated carbocycles. The fourth-order valence-corrected chi connectivity index (χ4v) is 3.06. The van der Waals surface area contributed by atoms with E-state index in [1.165, 1.54) is 0 Å². The van der Waals surface area contributed by atoms with Gasteiger partial charge in [0.1, 0.15) is 5.60 Å². The van der Waals surface area contributed by atoms with Gasteiger partial charge in [-0.3, -0.25) is 4.79 Å². The number of nitrogens with zero attached hydrogens (tertiary/aromatic N) is 1. The quantitative estimate of drug-likeness (QED) is 0.888. The summed E-state index contributed by atoms with van der Waals surface area (Å²) in [7, 11) is 0. The normalized spacial score (nSPS) is 15.8. The average Bonchev–Trinajstić information content (AvgIpc) is 2.54. The van der Waals surface area contributed by atoms with Crippen molar-refractivity contribution >= 4 is 17.7 Å². The van der Waals surface area contributed by atoms with Crippen molar-refractivity contribution in [3.8, 4) is 0 Å². The van der Waals surface area contributed by atoms with E-state index in [0.29, 0.717) is 25.4 Å². The van der Waals surface area contributed by atoms with E-state index in [-0.39, 0.29) is 12.0 Å². The van der Waals surface area contributed by atoms with Crippen LogP contribution in [0.3, 0.4) is 0 Å². The zero-order valence-electron chi connectivity index (χ0n) is 15.8. The van der Waals surface area contributed by atoms with Crippen LogP contribution in [-0.4, -0.2) is 35.6 Å². The van der Waals surface area contributed by atoms with Gasteiger partial charge in [0.25, 0.3) is 0 Å². The molecule has 1 aromatic rings. The van der Waals surface area contributed by atoms with Crippen LogP contribution in [0.15, 0.2) is 24.3 Å². The number of likely N-dealkylation sites (tertiary alicyclic amines) is 1. The number of rotatable bonds is 4. The Hall–Kier alpha value is -2.04. The lowest BCUT2D eigenvalue weighted by molar-refractivity contribution is -0.117. The SMILES string of the molecule is CCc1ccccc1NC(=O)CC1CCN(C(=O)OC(C)(C)C)CC1. The van der Waals surface area contributed by atoms with Gasteiger partial charge in [-0.1, -0.05) is 25.1 Å². The molecule has 2 amide bonds. The number of amides is 2. The summed E-state index contributed by atoms with van der Waals surface area (Å²) in [6.07, 6.45) is 2.81. The largest absolute Gasteiger partial charge is 0.444 e. The molecule has 138 valence electrons. The third kappa shape index (κ3) is 6.07. The van der Waals surface area contributed by atoms with Crippen LogP contribution in [0.1, 0.15) is 52.5 Å². The standard InChI is InChI=1S/C20H30N2O3/c1-5-16-8-6-7-9-17(16)21-18(23)14-15-10-12-22(13-11-15)19(24)25-20(2,3)4/h6-9,15H,5,10-14H2,1-4H3,(H,21,23). The minimum Gasteiger partial charge on any atom is -0.444 e. The van der Waals surface area contributed by atoms with E-state index < -0.39 is 5.60 Å². The number of carbonyl (C=O) groups is 2. The smallest absolute Gasteiger partial charge is 0.410 e. The van der Waals surface area contributed by atoms with Crippen molar-refractivity contribution in [2.24, 2.45) is 5.92 Å². The van der Waals surface area contributed by atoms with Crippen molar-refractivity contribution in [1.82, 2.24) is 4.90 Å². The summed E-state index contributed by atoms with van der Waals surface area (Å²) in [5.41, 5.74) is 1.58. The maximum Gasteiger partial charge on any atom is 0.410 e. The minimum absolute atomic E-state index is 0.0524. The molecule has 1 N–H and O–H groups in total. The molecular weight excluding hydrogens is 316 g/mol. The first kappa shape index (κ1) is 19.3. The molecular formula is C20H30N2O3. The number of benzene rings is 1. The molecule has 0 spiro atoms. The molecule has 1 saturated heterocycles. The molecule has 25 heavy (non-hydrogen) atoms. The summed E-state index contributed by atoms with van der Waals surface area (Å²) in [6.45, 7) is 9.00. The van der Waals surface area contributed by atoms with Crippen LogP contribution in [0.2, 0.25) is 0 Å². The number of aryl methyl sites for hydroxylation is 1. The molecule has 1 aliphatic heterocycles. The summed E-state index contributed by atoms with van der Waals surface area (Å²) in [5, 5.41) is 3.03. The second kappa shape index (κ2) is 8.37. The highest BCUT2D eigenvalue weighted by atomic mass is 16.6. The van der Waals surface area contributed by atoms with Gasteiger partial charge in [0.2, 0.25) is 5.91 Å². The molecule has 0 bridgehead atoms. The van der Waals surface area contributed by atoms with Crippen LogP contribution in [0.25, 0.3) is 0 Å². The second-order valence-corrected chi connectivity index (χ2v) is 7.67. The van der Waals surface area contributed by atoms with Crippen LogP contribution >= 0.6 is 0 Å². The summed E-state index contributed by atoms with van der Waals surface area (Å²) in [5.74, 6) is 0.365. The lowest BCUT2D eigenvalue weighted by Gasteiger charge is -2.33. The Morgan fingerprint density at radius 1 is 1.20 bits per heavy atom. The van der Waals surface area contributed by atoms with Gasteiger partial charge >= 0.3 is 6.09 Å². The lowest BCUT2D eigenvalue weighted by atomic mass is 9.93. The Labute approximate surface area is 150 Å². The van der Waals surface area contributed by atoms with Gasteiger partial charge in [0.15, 0.2) is 0 Å². The predicted molar refractivity (Wildman–Crippen MR) is 99.6 cm³/mol. The third-order valence-corrected chi connectivity index (χ3v) is 4.41. The third-order valence-electron chi connectivity index (χ3n) is 4.41. The number of piperidine rings is 1.